The van der Waals surface area contributed by atoms with E-state index in [4.69, 9.17) is 4.74 Å². The van der Waals surface area contributed by atoms with Crippen LogP contribution in [0.3, 0.4) is 0 Å². The van der Waals surface area contributed by atoms with Gasteiger partial charge in [-0.05, 0) is 78.6 Å². The molecule has 2 aliphatic rings. The third-order valence-corrected chi connectivity index (χ3v) is 8.74. The molecule has 7 heteroatoms. The van der Waals surface area contributed by atoms with E-state index in [0.717, 1.165) is 29.2 Å². The van der Waals surface area contributed by atoms with Crippen LogP contribution in [0.15, 0.2) is 40.2 Å². The zero-order chi connectivity index (χ0) is 19.7. The summed E-state index contributed by atoms with van der Waals surface area (Å²) in [5.41, 5.74) is 1.26. The van der Waals surface area contributed by atoms with Crippen LogP contribution in [0.5, 0.6) is 5.75 Å². The highest BCUT2D eigenvalue weighted by molar-refractivity contribution is 9.11. The monoisotopic (exact) mass is 480 g/mol. The number of carbonyl (C=O) groups excluding carboxylic acids is 1. The van der Waals surface area contributed by atoms with Gasteiger partial charge in [0.05, 0.1) is 22.2 Å². The van der Waals surface area contributed by atoms with Gasteiger partial charge in [-0.25, -0.2) is 0 Å². The standard InChI is InChI=1S/C21H25BrN2O2S2/c1-14-20(25)24(21(27-14)18-9-10-19(22)28-18)13-17(23-11-3-4-12-23)15-5-7-16(26-2)8-6-15/h5-10,14,17,21H,3-4,11-13H2,1-2H3. The maximum atomic E-state index is 13.0. The Morgan fingerprint density at radius 2 is 1.89 bits per heavy atom. The maximum Gasteiger partial charge on any atom is 0.236 e. The number of methoxy groups -OCH3 is 1. The third-order valence-electron chi connectivity index (χ3n) is 5.54. The molecular formula is C21H25BrN2O2S2. The van der Waals surface area contributed by atoms with Crippen molar-refractivity contribution in [3.05, 3.63) is 50.6 Å². The summed E-state index contributed by atoms with van der Waals surface area (Å²) >= 11 is 7.06. The Morgan fingerprint density at radius 3 is 2.50 bits per heavy atom. The van der Waals surface area contributed by atoms with Crippen LogP contribution in [0, 0.1) is 0 Å². The zero-order valence-corrected chi connectivity index (χ0v) is 19.4. The van der Waals surface area contributed by atoms with Gasteiger partial charge in [-0.2, -0.15) is 0 Å². The van der Waals surface area contributed by atoms with Crippen molar-refractivity contribution in [2.45, 2.75) is 36.4 Å². The molecule has 0 radical (unpaired) electrons. The lowest BCUT2D eigenvalue weighted by atomic mass is 10.0. The average Bonchev–Trinajstić information content (AvgIpc) is 3.43. The van der Waals surface area contributed by atoms with Gasteiger partial charge in [0.15, 0.2) is 0 Å². The van der Waals surface area contributed by atoms with E-state index >= 15 is 0 Å². The fraction of sp³-hybridized carbons (Fsp3) is 0.476. The number of nitrogens with zero attached hydrogens (tertiary/aromatic N) is 2. The van der Waals surface area contributed by atoms with E-state index in [2.05, 4.69) is 50.0 Å². The molecule has 2 aromatic rings. The van der Waals surface area contributed by atoms with Crippen LogP contribution in [-0.2, 0) is 4.79 Å². The average molecular weight is 481 g/mol. The molecule has 1 aromatic heterocycles. The first-order chi connectivity index (χ1) is 13.6. The molecule has 0 saturated carbocycles. The highest BCUT2D eigenvalue weighted by atomic mass is 79.9. The molecule has 4 rings (SSSR count). The summed E-state index contributed by atoms with van der Waals surface area (Å²) in [4.78, 5) is 18.9. The minimum Gasteiger partial charge on any atom is -0.497 e. The van der Waals surface area contributed by atoms with E-state index in [0.29, 0.717) is 0 Å². The van der Waals surface area contributed by atoms with Crippen molar-refractivity contribution in [2.75, 3.05) is 26.7 Å². The molecule has 0 bridgehead atoms. The Morgan fingerprint density at radius 1 is 1.18 bits per heavy atom. The fourth-order valence-corrected chi connectivity index (χ4v) is 6.96. The Kier molecular flexibility index (Phi) is 6.35. The molecule has 2 aliphatic heterocycles. The molecular weight excluding hydrogens is 456 g/mol. The number of benzene rings is 1. The summed E-state index contributed by atoms with van der Waals surface area (Å²) in [6, 6.07) is 12.8. The molecule has 3 atom stereocenters. The number of halogens is 1. The van der Waals surface area contributed by atoms with Crippen LogP contribution in [0.1, 0.15) is 41.6 Å². The van der Waals surface area contributed by atoms with Crippen molar-refractivity contribution in [1.82, 2.24) is 9.80 Å². The summed E-state index contributed by atoms with van der Waals surface area (Å²) in [6.07, 6.45) is 2.46. The second-order valence-electron chi connectivity index (χ2n) is 7.30. The predicted molar refractivity (Wildman–Crippen MR) is 120 cm³/mol. The number of ether oxygens (including phenoxy) is 1. The Labute approximate surface area is 183 Å². The Balaban J connectivity index is 1.62. The topological polar surface area (TPSA) is 32.8 Å². The van der Waals surface area contributed by atoms with E-state index in [1.165, 1.54) is 23.3 Å². The summed E-state index contributed by atoms with van der Waals surface area (Å²) < 4.78 is 6.44. The number of rotatable bonds is 6. The van der Waals surface area contributed by atoms with Gasteiger partial charge in [0, 0.05) is 11.4 Å². The van der Waals surface area contributed by atoms with E-state index < -0.39 is 0 Å². The molecule has 1 amide bonds. The molecule has 150 valence electrons. The van der Waals surface area contributed by atoms with Crippen molar-refractivity contribution < 1.29 is 9.53 Å². The van der Waals surface area contributed by atoms with Crippen molar-refractivity contribution in [2.24, 2.45) is 0 Å². The quantitative estimate of drug-likeness (QED) is 0.559. The fourth-order valence-electron chi connectivity index (χ4n) is 4.04. The largest absolute Gasteiger partial charge is 0.497 e. The van der Waals surface area contributed by atoms with E-state index in [1.807, 2.05) is 19.1 Å². The SMILES string of the molecule is COc1ccc(C(CN2C(=O)C(C)SC2c2ccc(Br)s2)N2CCCC2)cc1. The molecule has 0 aliphatic carbocycles. The molecule has 28 heavy (non-hydrogen) atoms. The summed E-state index contributed by atoms with van der Waals surface area (Å²) in [5.74, 6) is 1.11. The molecule has 3 unspecified atom stereocenters. The number of hydrogen-bond acceptors (Lipinski definition) is 5. The number of thioether (sulfide) groups is 1. The first-order valence-corrected chi connectivity index (χ1v) is 12.2. The van der Waals surface area contributed by atoms with Crippen LogP contribution in [0.2, 0.25) is 0 Å². The minimum atomic E-state index is 0.000899. The van der Waals surface area contributed by atoms with Gasteiger partial charge in [0.25, 0.3) is 0 Å². The smallest absolute Gasteiger partial charge is 0.236 e. The molecule has 0 N–H and O–H groups in total. The lowest BCUT2D eigenvalue weighted by Gasteiger charge is -2.34. The van der Waals surface area contributed by atoms with Gasteiger partial charge in [-0.3, -0.25) is 9.69 Å². The highest BCUT2D eigenvalue weighted by Gasteiger charge is 2.41. The number of hydrogen-bond donors (Lipinski definition) is 0. The van der Waals surface area contributed by atoms with Crippen molar-refractivity contribution >= 4 is 44.9 Å². The van der Waals surface area contributed by atoms with Crippen molar-refractivity contribution in [3.8, 4) is 5.75 Å². The normalized spacial score (nSPS) is 24.1. The van der Waals surface area contributed by atoms with Gasteiger partial charge in [0.2, 0.25) is 5.91 Å². The van der Waals surface area contributed by atoms with Gasteiger partial charge < -0.3 is 9.64 Å². The Bertz CT molecular complexity index is 820. The van der Waals surface area contributed by atoms with Crippen LogP contribution in [0.25, 0.3) is 0 Å². The Hall–Kier alpha value is -1.02. The van der Waals surface area contributed by atoms with Gasteiger partial charge >= 0.3 is 0 Å². The molecule has 2 saturated heterocycles. The number of carbonyl (C=O) groups is 1. The molecule has 2 fully saturated rings. The van der Waals surface area contributed by atoms with E-state index in [9.17, 15) is 4.79 Å². The summed E-state index contributed by atoms with van der Waals surface area (Å²) in [7, 11) is 1.69. The molecule has 1 aromatic carbocycles. The summed E-state index contributed by atoms with van der Waals surface area (Å²) in [6.45, 7) is 4.94. The summed E-state index contributed by atoms with van der Waals surface area (Å²) in [5, 5.41) is 0.100. The molecule has 4 nitrogen and oxygen atoms in total. The first-order valence-electron chi connectivity index (χ1n) is 9.66. The molecule has 0 spiro atoms. The van der Waals surface area contributed by atoms with Crippen LogP contribution in [-0.4, -0.2) is 47.7 Å². The highest BCUT2D eigenvalue weighted by Crippen LogP contribution is 2.47. The molecule has 3 heterocycles. The van der Waals surface area contributed by atoms with Crippen LogP contribution < -0.4 is 4.74 Å². The first kappa shape index (κ1) is 20.3. The lowest BCUT2D eigenvalue weighted by molar-refractivity contribution is -0.130. The van der Waals surface area contributed by atoms with Crippen molar-refractivity contribution in [3.63, 3.8) is 0 Å². The third kappa shape index (κ3) is 4.13. The minimum absolute atomic E-state index is 0.000899. The van der Waals surface area contributed by atoms with Crippen molar-refractivity contribution in [1.29, 1.82) is 0 Å². The maximum absolute atomic E-state index is 13.0. The zero-order valence-electron chi connectivity index (χ0n) is 16.1. The number of amides is 1. The van der Waals surface area contributed by atoms with Crippen LogP contribution in [0.4, 0.5) is 0 Å². The predicted octanol–water partition coefficient (Wildman–Crippen LogP) is 5.32. The number of likely N-dealkylation sites (tertiary alicyclic amines) is 1. The van der Waals surface area contributed by atoms with Gasteiger partial charge in [-0.15, -0.1) is 23.1 Å². The second-order valence-corrected chi connectivity index (χ2v) is 11.2. The number of thiophene rings is 1. The van der Waals surface area contributed by atoms with Gasteiger partial charge in [-0.1, -0.05) is 12.1 Å². The van der Waals surface area contributed by atoms with Crippen LogP contribution >= 0.6 is 39.0 Å². The second kappa shape index (κ2) is 8.78. The lowest BCUT2D eigenvalue weighted by Crippen LogP contribution is -2.39. The van der Waals surface area contributed by atoms with E-state index in [1.54, 1.807) is 30.2 Å². The van der Waals surface area contributed by atoms with E-state index in [-0.39, 0.29) is 22.6 Å². The van der Waals surface area contributed by atoms with Gasteiger partial charge in [0.1, 0.15) is 11.1 Å².